The lowest BCUT2D eigenvalue weighted by Gasteiger charge is -2.22. The molecule has 0 heterocycles. The van der Waals surface area contributed by atoms with E-state index in [0.717, 1.165) is 3.57 Å². The number of amides is 1. The third-order valence-corrected chi connectivity index (χ3v) is 4.30. The molecular weight excluding hydrogens is 412 g/mol. The zero-order valence-electron chi connectivity index (χ0n) is 13.1. The minimum absolute atomic E-state index is 0.176. The highest BCUT2D eigenvalue weighted by Crippen LogP contribution is 2.32. The van der Waals surface area contributed by atoms with Crippen LogP contribution in [0, 0.1) is 9.39 Å². The van der Waals surface area contributed by atoms with E-state index in [1.54, 1.807) is 36.3 Å². The fourth-order valence-corrected chi connectivity index (χ4v) is 2.90. The van der Waals surface area contributed by atoms with Crippen molar-refractivity contribution >= 4 is 34.2 Å². The van der Waals surface area contributed by atoms with Gasteiger partial charge in [0.15, 0.2) is 11.5 Å². The van der Waals surface area contributed by atoms with Crippen molar-refractivity contribution in [2.75, 3.05) is 25.7 Å². The van der Waals surface area contributed by atoms with E-state index in [1.807, 2.05) is 6.92 Å². The first-order chi connectivity index (χ1) is 11.0. The van der Waals surface area contributed by atoms with E-state index in [9.17, 15) is 9.18 Å². The quantitative estimate of drug-likeness (QED) is 0.672. The molecule has 0 saturated heterocycles. The van der Waals surface area contributed by atoms with Gasteiger partial charge in [-0.05, 0) is 65.9 Å². The zero-order valence-corrected chi connectivity index (χ0v) is 15.3. The van der Waals surface area contributed by atoms with Crippen molar-refractivity contribution < 1.29 is 18.7 Å². The molecule has 0 fully saturated rings. The van der Waals surface area contributed by atoms with Crippen LogP contribution in [0.4, 0.5) is 10.1 Å². The number of benzene rings is 2. The van der Waals surface area contributed by atoms with E-state index in [0.29, 0.717) is 29.3 Å². The number of rotatable bonds is 5. The molecule has 0 aliphatic rings. The lowest BCUT2D eigenvalue weighted by molar-refractivity contribution is 0.0987. The van der Waals surface area contributed by atoms with Crippen molar-refractivity contribution in [1.82, 2.24) is 0 Å². The maximum atomic E-state index is 13.1. The van der Waals surface area contributed by atoms with Gasteiger partial charge in [0.25, 0.3) is 5.91 Å². The molecule has 0 aromatic heterocycles. The summed E-state index contributed by atoms with van der Waals surface area (Å²) < 4.78 is 24.4. The van der Waals surface area contributed by atoms with Crippen LogP contribution in [-0.4, -0.2) is 26.7 Å². The fourth-order valence-electron chi connectivity index (χ4n) is 2.23. The van der Waals surface area contributed by atoms with E-state index in [-0.39, 0.29) is 11.7 Å². The van der Waals surface area contributed by atoms with Gasteiger partial charge in [0.05, 0.1) is 19.8 Å². The molecule has 0 saturated carbocycles. The molecule has 0 radical (unpaired) electrons. The number of ether oxygens (including phenoxy) is 2. The number of halogens is 2. The number of carbonyl (C=O) groups is 1. The standard InChI is InChI=1S/C17H17FINO3/c1-4-20(12-7-5-11(18)6-8-12)17(21)13-9-15(22-2)16(23-3)10-14(13)19/h5-10H,4H2,1-3H3. The van der Waals surface area contributed by atoms with Gasteiger partial charge in [-0.1, -0.05) is 0 Å². The van der Waals surface area contributed by atoms with E-state index in [2.05, 4.69) is 22.6 Å². The van der Waals surface area contributed by atoms with Gasteiger partial charge in [0.2, 0.25) is 0 Å². The topological polar surface area (TPSA) is 38.8 Å². The third-order valence-electron chi connectivity index (χ3n) is 3.40. The Morgan fingerprint density at radius 3 is 2.22 bits per heavy atom. The fraction of sp³-hybridized carbons (Fsp3) is 0.235. The normalized spacial score (nSPS) is 10.3. The first-order valence-corrected chi connectivity index (χ1v) is 8.08. The maximum Gasteiger partial charge on any atom is 0.259 e. The maximum absolute atomic E-state index is 13.1. The Morgan fingerprint density at radius 2 is 1.70 bits per heavy atom. The molecule has 0 atom stereocenters. The predicted octanol–water partition coefficient (Wildman–Crippen LogP) is 4.11. The van der Waals surface area contributed by atoms with Crippen molar-refractivity contribution in [3.05, 3.63) is 51.3 Å². The van der Waals surface area contributed by atoms with E-state index >= 15 is 0 Å². The van der Waals surface area contributed by atoms with Crippen LogP contribution >= 0.6 is 22.6 Å². The smallest absolute Gasteiger partial charge is 0.259 e. The van der Waals surface area contributed by atoms with Gasteiger partial charge < -0.3 is 14.4 Å². The second-order valence-corrected chi connectivity index (χ2v) is 5.88. The molecule has 122 valence electrons. The Balaban J connectivity index is 2.43. The molecule has 2 rings (SSSR count). The van der Waals surface area contributed by atoms with Gasteiger partial charge in [-0.2, -0.15) is 0 Å². The predicted molar refractivity (Wildman–Crippen MR) is 96.0 cm³/mol. The van der Waals surface area contributed by atoms with Crippen molar-refractivity contribution in [2.45, 2.75) is 6.92 Å². The number of nitrogens with zero attached hydrogens (tertiary/aromatic N) is 1. The Hall–Kier alpha value is -1.83. The van der Waals surface area contributed by atoms with Gasteiger partial charge in [-0.3, -0.25) is 4.79 Å². The van der Waals surface area contributed by atoms with Gasteiger partial charge in [-0.25, -0.2) is 4.39 Å². The van der Waals surface area contributed by atoms with Crippen molar-refractivity contribution in [3.8, 4) is 11.5 Å². The zero-order chi connectivity index (χ0) is 17.0. The molecule has 0 N–H and O–H groups in total. The molecule has 0 aliphatic carbocycles. The molecule has 2 aromatic carbocycles. The molecule has 0 spiro atoms. The van der Waals surface area contributed by atoms with Crippen LogP contribution in [0.1, 0.15) is 17.3 Å². The number of hydrogen-bond acceptors (Lipinski definition) is 3. The van der Waals surface area contributed by atoms with E-state index < -0.39 is 0 Å². The number of hydrogen-bond donors (Lipinski definition) is 0. The Labute approximate surface area is 148 Å². The highest BCUT2D eigenvalue weighted by Gasteiger charge is 2.21. The number of anilines is 1. The second-order valence-electron chi connectivity index (χ2n) is 4.71. The molecule has 1 amide bonds. The summed E-state index contributed by atoms with van der Waals surface area (Å²) in [4.78, 5) is 14.5. The number of methoxy groups -OCH3 is 2. The first-order valence-electron chi connectivity index (χ1n) is 7.00. The van der Waals surface area contributed by atoms with Crippen molar-refractivity contribution in [3.63, 3.8) is 0 Å². The van der Waals surface area contributed by atoms with Crippen LogP contribution in [0.3, 0.4) is 0 Å². The van der Waals surface area contributed by atoms with Gasteiger partial charge in [0.1, 0.15) is 5.82 Å². The lowest BCUT2D eigenvalue weighted by Crippen LogP contribution is -2.31. The summed E-state index contributed by atoms with van der Waals surface area (Å²) in [7, 11) is 3.07. The largest absolute Gasteiger partial charge is 0.493 e. The third kappa shape index (κ3) is 3.74. The highest BCUT2D eigenvalue weighted by atomic mass is 127. The summed E-state index contributed by atoms with van der Waals surface area (Å²) in [6.07, 6.45) is 0. The number of carbonyl (C=O) groups excluding carboxylic acids is 1. The molecule has 6 heteroatoms. The highest BCUT2D eigenvalue weighted by molar-refractivity contribution is 14.1. The molecule has 0 bridgehead atoms. The molecule has 2 aromatic rings. The first kappa shape index (κ1) is 17.5. The van der Waals surface area contributed by atoms with Crippen LogP contribution in [0.2, 0.25) is 0 Å². The van der Waals surface area contributed by atoms with Crippen LogP contribution in [0.25, 0.3) is 0 Å². The Kier molecular flexibility index (Phi) is 5.81. The average molecular weight is 429 g/mol. The Morgan fingerprint density at radius 1 is 1.13 bits per heavy atom. The molecular formula is C17H17FINO3. The van der Waals surface area contributed by atoms with Crippen LogP contribution in [0.5, 0.6) is 11.5 Å². The average Bonchev–Trinajstić information content (AvgIpc) is 2.56. The summed E-state index contributed by atoms with van der Waals surface area (Å²) in [6, 6.07) is 9.27. The van der Waals surface area contributed by atoms with Crippen LogP contribution in [-0.2, 0) is 0 Å². The minimum Gasteiger partial charge on any atom is -0.493 e. The Bertz CT molecular complexity index is 704. The molecule has 0 aliphatic heterocycles. The molecule has 0 unspecified atom stereocenters. The van der Waals surface area contributed by atoms with Gasteiger partial charge >= 0.3 is 0 Å². The summed E-state index contributed by atoms with van der Waals surface area (Å²) in [5.41, 5.74) is 1.15. The molecule has 4 nitrogen and oxygen atoms in total. The summed E-state index contributed by atoms with van der Waals surface area (Å²) in [5, 5.41) is 0. The molecule has 23 heavy (non-hydrogen) atoms. The summed E-state index contributed by atoms with van der Waals surface area (Å²) in [5.74, 6) is 0.548. The second kappa shape index (κ2) is 7.63. The van der Waals surface area contributed by atoms with E-state index in [1.165, 1.54) is 19.2 Å². The van der Waals surface area contributed by atoms with Crippen LogP contribution in [0.15, 0.2) is 36.4 Å². The summed E-state index contributed by atoms with van der Waals surface area (Å²) in [6.45, 7) is 2.34. The summed E-state index contributed by atoms with van der Waals surface area (Å²) >= 11 is 2.09. The van der Waals surface area contributed by atoms with Gasteiger partial charge in [0, 0.05) is 15.8 Å². The SMILES string of the molecule is CCN(C(=O)c1cc(OC)c(OC)cc1I)c1ccc(F)cc1. The van der Waals surface area contributed by atoms with Gasteiger partial charge in [-0.15, -0.1) is 0 Å². The van der Waals surface area contributed by atoms with Crippen molar-refractivity contribution in [2.24, 2.45) is 0 Å². The van der Waals surface area contributed by atoms with Crippen LogP contribution < -0.4 is 14.4 Å². The lowest BCUT2D eigenvalue weighted by atomic mass is 10.1. The van der Waals surface area contributed by atoms with E-state index in [4.69, 9.17) is 9.47 Å². The monoisotopic (exact) mass is 429 g/mol. The van der Waals surface area contributed by atoms with Crippen molar-refractivity contribution in [1.29, 1.82) is 0 Å². The minimum atomic E-state index is -0.335.